The zero-order valence-electron chi connectivity index (χ0n) is 15.6. The number of ether oxygens (including phenoxy) is 1. The van der Waals surface area contributed by atoms with Crippen LogP contribution < -0.4 is 0 Å². The molecule has 136 valence electrons. The monoisotopic (exact) mass is 342 g/mol. The first-order valence-corrected chi connectivity index (χ1v) is 9.71. The number of carbonyl (C=O) groups is 1. The van der Waals surface area contributed by atoms with Crippen molar-refractivity contribution in [2.45, 2.75) is 71.5 Å². The van der Waals surface area contributed by atoms with E-state index in [-0.39, 0.29) is 34.4 Å². The minimum atomic E-state index is -0.215. The van der Waals surface area contributed by atoms with E-state index < -0.39 is 0 Å². The van der Waals surface area contributed by atoms with E-state index in [0.717, 1.165) is 38.5 Å². The zero-order chi connectivity index (χ0) is 17.9. The maximum Gasteiger partial charge on any atom is 0.338 e. The van der Waals surface area contributed by atoms with E-state index in [1.807, 2.05) is 30.3 Å². The number of hydrogen-bond donors (Lipinski definition) is 1. The lowest BCUT2D eigenvalue weighted by atomic mass is 9.49. The fourth-order valence-corrected chi connectivity index (χ4v) is 6.45. The summed E-state index contributed by atoms with van der Waals surface area (Å²) in [5, 5.41) is 10.6. The Morgan fingerprint density at radius 3 is 2.56 bits per heavy atom. The second kappa shape index (κ2) is 5.57. The van der Waals surface area contributed by atoms with Gasteiger partial charge in [0.25, 0.3) is 0 Å². The second-order valence-corrected chi connectivity index (χ2v) is 9.66. The van der Waals surface area contributed by atoms with Gasteiger partial charge in [-0.1, -0.05) is 39.0 Å². The molecule has 3 nitrogen and oxygen atoms in total. The highest BCUT2D eigenvalue weighted by Gasteiger charge is 2.66. The first-order chi connectivity index (χ1) is 11.8. The molecule has 5 atom stereocenters. The molecule has 4 rings (SSSR count). The Morgan fingerprint density at radius 2 is 1.84 bits per heavy atom. The van der Waals surface area contributed by atoms with Gasteiger partial charge >= 0.3 is 5.97 Å². The topological polar surface area (TPSA) is 46.5 Å². The third-order valence-electron chi connectivity index (χ3n) is 7.67. The molecule has 3 saturated carbocycles. The molecule has 3 aliphatic rings. The third-order valence-corrected chi connectivity index (χ3v) is 7.67. The van der Waals surface area contributed by atoms with Crippen molar-refractivity contribution in [3.8, 4) is 0 Å². The minimum Gasteiger partial charge on any atom is -0.458 e. The van der Waals surface area contributed by atoms with Gasteiger partial charge in [0.05, 0.1) is 11.7 Å². The van der Waals surface area contributed by atoms with Crippen LogP contribution in [0.1, 0.15) is 69.7 Å². The van der Waals surface area contributed by atoms with E-state index in [1.54, 1.807) is 0 Å². The minimum absolute atomic E-state index is 0.0213. The molecule has 1 N–H and O–H groups in total. The van der Waals surface area contributed by atoms with E-state index in [4.69, 9.17) is 4.74 Å². The van der Waals surface area contributed by atoms with E-state index >= 15 is 0 Å². The van der Waals surface area contributed by atoms with Crippen molar-refractivity contribution in [2.75, 3.05) is 0 Å². The van der Waals surface area contributed by atoms with Crippen LogP contribution in [0.5, 0.6) is 0 Å². The fraction of sp³-hybridized carbons (Fsp3) is 0.682. The van der Waals surface area contributed by atoms with E-state index in [2.05, 4.69) is 20.8 Å². The largest absolute Gasteiger partial charge is 0.458 e. The number of carbonyl (C=O) groups excluding carboxylic acids is 1. The molecule has 0 radical (unpaired) electrons. The molecule has 0 aliphatic heterocycles. The van der Waals surface area contributed by atoms with Crippen LogP contribution in [0.2, 0.25) is 0 Å². The molecule has 0 unspecified atom stereocenters. The summed E-state index contributed by atoms with van der Waals surface area (Å²) in [6.07, 6.45) is 5.71. The summed E-state index contributed by atoms with van der Waals surface area (Å²) in [4.78, 5) is 12.7. The van der Waals surface area contributed by atoms with Crippen LogP contribution in [0.15, 0.2) is 30.3 Å². The quantitative estimate of drug-likeness (QED) is 0.800. The summed E-state index contributed by atoms with van der Waals surface area (Å²) < 4.78 is 6.14. The molecule has 25 heavy (non-hydrogen) atoms. The SMILES string of the molecule is CC1(C)C[C@H](OC(=O)c2ccccc2)[C@]23CC[C@@H](O)[C@](C)(CC[C@@H]12)C3. The molecular formula is C22H30O3. The van der Waals surface area contributed by atoms with E-state index in [1.165, 1.54) is 0 Å². The summed E-state index contributed by atoms with van der Waals surface area (Å²) >= 11 is 0. The first-order valence-electron chi connectivity index (χ1n) is 9.71. The van der Waals surface area contributed by atoms with Crippen LogP contribution in [0.4, 0.5) is 0 Å². The molecule has 0 aromatic heterocycles. The average Bonchev–Trinajstić information content (AvgIpc) is 2.78. The van der Waals surface area contributed by atoms with Gasteiger partial charge in [0.2, 0.25) is 0 Å². The summed E-state index contributed by atoms with van der Waals surface area (Å²) in [7, 11) is 0. The van der Waals surface area contributed by atoms with Crippen LogP contribution in [0.25, 0.3) is 0 Å². The van der Waals surface area contributed by atoms with Crippen molar-refractivity contribution in [1.29, 1.82) is 0 Å². The summed E-state index contributed by atoms with van der Waals surface area (Å²) in [6, 6.07) is 9.33. The Balaban J connectivity index is 1.65. The number of rotatable bonds is 2. The highest BCUT2D eigenvalue weighted by Crippen LogP contribution is 2.69. The Bertz CT molecular complexity index is 667. The van der Waals surface area contributed by atoms with Crippen molar-refractivity contribution in [3.05, 3.63) is 35.9 Å². The van der Waals surface area contributed by atoms with Crippen LogP contribution in [-0.4, -0.2) is 23.3 Å². The second-order valence-electron chi connectivity index (χ2n) is 9.66. The van der Waals surface area contributed by atoms with Gasteiger partial charge in [0.1, 0.15) is 6.10 Å². The van der Waals surface area contributed by atoms with Crippen molar-refractivity contribution >= 4 is 5.97 Å². The van der Waals surface area contributed by atoms with Crippen LogP contribution >= 0.6 is 0 Å². The molecule has 0 saturated heterocycles. The predicted octanol–water partition coefficient (Wildman–Crippen LogP) is 4.59. The standard InChI is InChI=1S/C22H30O3/c1-20(2)13-18(25-19(24)15-7-5-4-6-8-15)22-12-10-17(23)21(3,14-22)11-9-16(20)22/h4-8,16-18,23H,9-14H2,1-3H3/t16-,17+,18-,21+,22-/m0/s1. The smallest absolute Gasteiger partial charge is 0.338 e. The Morgan fingerprint density at radius 1 is 1.12 bits per heavy atom. The lowest BCUT2D eigenvalue weighted by Crippen LogP contribution is -2.54. The number of aliphatic hydroxyl groups is 1. The van der Waals surface area contributed by atoms with Gasteiger partial charge in [-0.25, -0.2) is 4.79 Å². The van der Waals surface area contributed by atoms with Crippen molar-refractivity contribution < 1.29 is 14.6 Å². The van der Waals surface area contributed by atoms with Gasteiger partial charge in [0, 0.05) is 5.41 Å². The third kappa shape index (κ3) is 2.54. The van der Waals surface area contributed by atoms with Crippen molar-refractivity contribution in [2.24, 2.45) is 22.2 Å². The first kappa shape index (κ1) is 17.1. The molecule has 1 spiro atoms. The number of benzene rings is 1. The Kier molecular flexibility index (Phi) is 3.81. The fourth-order valence-electron chi connectivity index (χ4n) is 6.45. The van der Waals surface area contributed by atoms with Gasteiger partial charge in [-0.3, -0.25) is 0 Å². The molecule has 2 bridgehead atoms. The number of fused-ring (bicyclic) bond motifs is 1. The normalized spacial score (nSPS) is 41.8. The van der Waals surface area contributed by atoms with Gasteiger partial charge in [0.15, 0.2) is 0 Å². The van der Waals surface area contributed by atoms with Gasteiger partial charge in [-0.2, -0.15) is 0 Å². The van der Waals surface area contributed by atoms with E-state index in [0.29, 0.717) is 11.5 Å². The Hall–Kier alpha value is -1.35. The predicted molar refractivity (Wildman–Crippen MR) is 97.2 cm³/mol. The van der Waals surface area contributed by atoms with Crippen LogP contribution in [0.3, 0.4) is 0 Å². The molecule has 1 aromatic rings. The number of aliphatic hydroxyl groups excluding tert-OH is 1. The highest BCUT2D eigenvalue weighted by atomic mass is 16.5. The van der Waals surface area contributed by atoms with Gasteiger partial charge in [-0.05, 0) is 67.4 Å². The van der Waals surface area contributed by atoms with Crippen LogP contribution in [-0.2, 0) is 4.74 Å². The maximum atomic E-state index is 12.7. The highest BCUT2D eigenvalue weighted by molar-refractivity contribution is 5.89. The van der Waals surface area contributed by atoms with E-state index in [9.17, 15) is 9.90 Å². The Labute approximate surface area is 150 Å². The summed E-state index contributed by atoms with van der Waals surface area (Å²) in [5.41, 5.74) is 0.840. The zero-order valence-corrected chi connectivity index (χ0v) is 15.6. The molecule has 0 amide bonds. The number of hydrogen-bond acceptors (Lipinski definition) is 3. The number of esters is 1. The maximum absolute atomic E-state index is 12.7. The molecule has 3 heteroatoms. The van der Waals surface area contributed by atoms with Crippen LogP contribution in [0, 0.1) is 22.2 Å². The molecule has 0 heterocycles. The lowest BCUT2D eigenvalue weighted by Gasteiger charge is -2.57. The van der Waals surface area contributed by atoms with Crippen molar-refractivity contribution in [1.82, 2.24) is 0 Å². The molecule has 1 aromatic carbocycles. The lowest BCUT2D eigenvalue weighted by molar-refractivity contribution is -0.145. The van der Waals surface area contributed by atoms with Gasteiger partial charge in [-0.15, -0.1) is 0 Å². The molecule has 3 aliphatic carbocycles. The summed E-state index contributed by atoms with van der Waals surface area (Å²) in [5.74, 6) is 0.379. The van der Waals surface area contributed by atoms with Crippen molar-refractivity contribution in [3.63, 3.8) is 0 Å². The van der Waals surface area contributed by atoms with Gasteiger partial charge < -0.3 is 9.84 Å². The molecule has 3 fully saturated rings. The molecular weight excluding hydrogens is 312 g/mol. The average molecular weight is 342 g/mol. The summed E-state index contributed by atoms with van der Waals surface area (Å²) in [6.45, 7) is 6.91.